The molecule has 1 amide bonds. The second kappa shape index (κ2) is 11.1. The minimum atomic E-state index is -4.34. The van der Waals surface area contributed by atoms with Crippen molar-refractivity contribution in [2.75, 3.05) is 18.4 Å². The van der Waals surface area contributed by atoms with E-state index in [2.05, 4.69) is 20.7 Å². The maximum Gasteiger partial charge on any atom is 0.390 e. The molecule has 11 heteroatoms. The van der Waals surface area contributed by atoms with Crippen molar-refractivity contribution in [1.29, 1.82) is 0 Å². The number of nitrogens with one attached hydrogen (secondary N) is 2. The molecule has 4 rings (SSSR count). The molecule has 0 saturated heterocycles. The summed E-state index contributed by atoms with van der Waals surface area (Å²) in [6.07, 6.45) is -3.06. The highest BCUT2D eigenvalue weighted by Crippen LogP contribution is 2.31. The fourth-order valence-electron chi connectivity index (χ4n) is 3.87. The van der Waals surface area contributed by atoms with Gasteiger partial charge in [0, 0.05) is 30.3 Å². The quantitative estimate of drug-likeness (QED) is 0.244. The lowest BCUT2D eigenvalue weighted by atomic mass is 10.0. The molecule has 0 aliphatic rings. The Morgan fingerprint density at radius 1 is 1.08 bits per heavy atom. The van der Waals surface area contributed by atoms with E-state index in [1.807, 2.05) is 6.92 Å². The zero-order valence-electron chi connectivity index (χ0n) is 21.1. The van der Waals surface area contributed by atoms with Gasteiger partial charge in [-0.1, -0.05) is 19.1 Å². The molecular formula is C27H27F4N5O2. The number of ether oxygens (including phenoxy) is 1. The summed E-state index contributed by atoms with van der Waals surface area (Å²) >= 11 is 0. The minimum Gasteiger partial charge on any atom is -0.434 e. The number of hydrogen-bond donors (Lipinski definition) is 2. The van der Waals surface area contributed by atoms with E-state index in [-0.39, 0.29) is 28.9 Å². The first kappa shape index (κ1) is 26.9. The molecule has 0 saturated carbocycles. The molecule has 2 aromatic carbocycles. The second-order valence-electron chi connectivity index (χ2n) is 8.89. The zero-order chi connectivity index (χ0) is 27.4. The number of nitrogens with zero attached hydrogens (tertiary/aromatic N) is 3. The summed E-state index contributed by atoms with van der Waals surface area (Å²) in [5.74, 6) is -0.900. The Hall–Kier alpha value is -4.15. The van der Waals surface area contributed by atoms with Crippen molar-refractivity contribution in [3.05, 3.63) is 71.2 Å². The summed E-state index contributed by atoms with van der Waals surface area (Å²) in [4.78, 5) is 16.8. The van der Waals surface area contributed by atoms with Crippen molar-refractivity contribution in [2.24, 2.45) is 0 Å². The van der Waals surface area contributed by atoms with Crippen LogP contribution in [0.25, 0.3) is 16.9 Å². The zero-order valence-corrected chi connectivity index (χ0v) is 21.1. The van der Waals surface area contributed by atoms with Gasteiger partial charge in [-0.2, -0.15) is 13.2 Å². The Bertz CT molecular complexity index is 1470. The van der Waals surface area contributed by atoms with E-state index < -0.39 is 25.0 Å². The molecule has 0 radical (unpaired) electrons. The molecule has 0 bridgehead atoms. The maximum absolute atomic E-state index is 14.4. The molecule has 2 N–H and O–H groups in total. The summed E-state index contributed by atoms with van der Waals surface area (Å²) in [5.41, 5.74) is 3.70. The number of amides is 1. The van der Waals surface area contributed by atoms with E-state index in [4.69, 9.17) is 4.74 Å². The van der Waals surface area contributed by atoms with Gasteiger partial charge in [0.25, 0.3) is 5.91 Å². The topological polar surface area (TPSA) is 80.5 Å². The van der Waals surface area contributed by atoms with Crippen LogP contribution >= 0.6 is 0 Å². The SMILES string of the molecule is CCCNC(=O)c1ccc(-c2cnc3c(NCCC(F)(F)F)cc(Oc4cc(C)ccc4F)nn23)cc1C. The summed E-state index contributed by atoms with van der Waals surface area (Å²) in [6.45, 7) is 5.71. The predicted octanol–water partition coefficient (Wildman–Crippen LogP) is 6.45. The van der Waals surface area contributed by atoms with Crippen LogP contribution in [-0.4, -0.2) is 39.8 Å². The smallest absolute Gasteiger partial charge is 0.390 e. The maximum atomic E-state index is 14.4. The first-order chi connectivity index (χ1) is 18.1. The summed E-state index contributed by atoms with van der Waals surface area (Å²) in [7, 11) is 0. The molecule has 38 heavy (non-hydrogen) atoms. The molecule has 7 nitrogen and oxygen atoms in total. The minimum absolute atomic E-state index is 0.0388. The number of halogens is 4. The molecule has 0 spiro atoms. The Balaban J connectivity index is 1.75. The van der Waals surface area contributed by atoms with Crippen molar-refractivity contribution in [3.8, 4) is 22.9 Å². The van der Waals surface area contributed by atoms with Gasteiger partial charge in [-0.25, -0.2) is 13.9 Å². The number of aryl methyl sites for hydroxylation is 2. The lowest BCUT2D eigenvalue weighted by Gasteiger charge is -2.13. The third-order valence-electron chi connectivity index (χ3n) is 5.77. The summed E-state index contributed by atoms with van der Waals surface area (Å²) < 4.78 is 59.8. The molecule has 0 aliphatic heterocycles. The van der Waals surface area contributed by atoms with Gasteiger partial charge in [-0.15, -0.1) is 5.10 Å². The Kier molecular flexibility index (Phi) is 7.84. The number of carbonyl (C=O) groups is 1. The first-order valence-electron chi connectivity index (χ1n) is 12.1. The number of hydrogen-bond acceptors (Lipinski definition) is 5. The van der Waals surface area contributed by atoms with Crippen LogP contribution in [0.3, 0.4) is 0 Å². The van der Waals surface area contributed by atoms with Crippen molar-refractivity contribution in [3.63, 3.8) is 0 Å². The van der Waals surface area contributed by atoms with Gasteiger partial charge in [0.15, 0.2) is 17.2 Å². The number of carbonyl (C=O) groups excluding carboxylic acids is 1. The molecule has 0 fully saturated rings. The third-order valence-corrected chi connectivity index (χ3v) is 5.77. The van der Waals surface area contributed by atoms with E-state index in [9.17, 15) is 22.4 Å². The van der Waals surface area contributed by atoms with Crippen molar-refractivity contribution >= 4 is 17.2 Å². The number of anilines is 1. The second-order valence-corrected chi connectivity index (χ2v) is 8.89. The van der Waals surface area contributed by atoms with Gasteiger partial charge in [-0.05, 0) is 55.7 Å². The van der Waals surface area contributed by atoms with Crippen LogP contribution in [0.2, 0.25) is 0 Å². The number of fused-ring (bicyclic) bond motifs is 1. The number of benzene rings is 2. The molecule has 2 aromatic heterocycles. The molecular weight excluding hydrogens is 502 g/mol. The standard InChI is InChI=1S/C27H27F4N5O2/c1-4-10-33-26(37)19-7-6-18(13-17(19)3)22-15-34-25-21(32-11-9-27(29,30)31)14-24(35-36(22)25)38-23-12-16(2)5-8-20(23)28/h5-8,12-15,32H,4,9-11H2,1-3H3,(H,33,37). The van der Waals surface area contributed by atoms with Crippen LogP contribution in [0.4, 0.5) is 23.2 Å². The van der Waals surface area contributed by atoms with E-state index in [1.165, 1.54) is 28.9 Å². The van der Waals surface area contributed by atoms with Crippen molar-refractivity contribution < 1.29 is 27.1 Å². The highest BCUT2D eigenvalue weighted by molar-refractivity contribution is 5.96. The van der Waals surface area contributed by atoms with Crippen LogP contribution in [-0.2, 0) is 0 Å². The third kappa shape index (κ3) is 6.21. The monoisotopic (exact) mass is 529 g/mol. The Morgan fingerprint density at radius 3 is 2.58 bits per heavy atom. The molecule has 0 aliphatic carbocycles. The number of rotatable bonds is 9. The van der Waals surface area contributed by atoms with E-state index in [0.717, 1.165) is 17.5 Å². The average molecular weight is 530 g/mol. The normalized spacial score (nSPS) is 11.6. The van der Waals surface area contributed by atoms with Crippen molar-refractivity contribution in [1.82, 2.24) is 19.9 Å². The number of aromatic nitrogens is 3. The lowest BCUT2D eigenvalue weighted by molar-refractivity contribution is -0.131. The molecule has 4 aromatic rings. The number of alkyl halides is 3. The van der Waals surface area contributed by atoms with Gasteiger partial charge >= 0.3 is 6.18 Å². The van der Waals surface area contributed by atoms with E-state index in [0.29, 0.717) is 23.4 Å². The summed E-state index contributed by atoms with van der Waals surface area (Å²) in [5, 5.41) is 10.0. The average Bonchev–Trinajstić information content (AvgIpc) is 3.28. The fourth-order valence-corrected chi connectivity index (χ4v) is 3.87. The summed E-state index contributed by atoms with van der Waals surface area (Å²) in [6, 6.07) is 11.0. The van der Waals surface area contributed by atoms with Gasteiger partial charge in [-0.3, -0.25) is 4.79 Å². The molecule has 200 valence electrons. The van der Waals surface area contributed by atoms with Crippen LogP contribution in [0.1, 0.15) is 41.3 Å². The van der Waals surface area contributed by atoms with Crippen LogP contribution < -0.4 is 15.4 Å². The van der Waals surface area contributed by atoms with Gasteiger partial charge < -0.3 is 15.4 Å². The lowest BCUT2D eigenvalue weighted by Crippen LogP contribution is -2.24. The fraction of sp³-hybridized carbons (Fsp3) is 0.296. The highest BCUT2D eigenvalue weighted by atomic mass is 19.4. The predicted molar refractivity (Wildman–Crippen MR) is 136 cm³/mol. The molecule has 0 atom stereocenters. The first-order valence-corrected chi connectivity index (χ1v) is 12.1. The van der Waals surface area contributed by atoms with Gasteiger partial charge in [0.2, 0.25) is 5.88 Å². The van der Waals surface area contributed by atoms with Crippen LogP contribution in [0.5, 0.6) is 11.6 Å². The van der Waals surface area contributed by atoms with E-state index >= 15 is 0 Å². The van der Waals surface area contributed by atoms with Gasteiger partial charge in [0.1, 0.15) is 0 Å². The molecule has 0 unspecified atom stereocenters. The van der Waals surface area contributed by atoms with Gasteiger partial charge in [0.05, 0.1) is 24.0 Å². The Labute approximate surface area is 216 Å². The van der Waals surface area contributed by atoms with Crippen molar-refractivity contribution in [2.45, 2.75) is 39.8 Å². The Morgan fingerprint density at radius 2 is 1.87 bits per heavy atom. The number of imidazole rings is 1. The van der Waals surface area contributed by atoms with Crippen LogP contribution in [0, 0.1) is 19.7 Å². The molecule has 2 heterocycles. The van der Waals surface area contributed by atoms with Crippen LogP contribution in [0.15, 0.2) is 48.7 Å². The van der Waals surface area contributed by atoms with E-state index in [1.54, 1.807) is 38.1 Å². The highest BCUT2D eigenvalue weighted by Gasteiger charge is 2.26. The largest absolute Gasteiger partial charge is 0.434 e.